The number of hydrogen-bond acceptors (Lipinski definition) is 5. The zero-order chi connectivity index (χ0) is 20.1. The molecule has 2 aromatic heterocycles. The van der Waals surface area contributed by atoms with Crippen LogP contribution in [0.4, 0.5) is 0 Å². The number of rotatable bonds is 7. The number of nitrogens with zero attached hydrogens (tertiary/aromatic N) is 2. The summed E-state index contributed by atoms with van der Waals surface area (Å²) >= 11 is 0. The molecule has 0 saturated heterocycles. The highest BCUT2D eigenvalue weighted by Gasteiger charge is 2.12. The highest BCUT2D eigenvalue weighted by atomic mass is 16.6. The molecule has 3 rings (SSSR count). The molecule has 0 bridgehead atoms. The molecule has 0 unspecified atom stereocenters. The highest BCUT2D eigenvalue weighted by Crippen LogP contribution is 2.27. The number of nitrogens with two attached hydrogens (primary N) is 1. The number of furan rings is 1. The van der Waals surface area contributed by atoms with Gasteiger partial charge >= 0.3 is 0 Å². The topological polar surface area (TPSA) is 109 Å². The largest absolute Gasteiger partial charge is 0.429 e. The van der Waals surface area contributed by atoms with Crippen molar-refractivity contribution in [1.82, 2.24) is 15.2 Å². The maximum Gasteiger partial charge on any atom is 0.290 e. The molecule has 28 heavy (non-hydrogen) atoms. The molecular weight excluding hydrogens is 358 g/mol. The van der Waals surface area contributed by atoms with Crippen LogP contribution in [-0.2, 0) is 6.54 Å². The van der Waals surface area contributed by atoms with E-state index in [4.69, 9.17) is 14.9 Å². The van der Waals surface area contributed by atoms with Crippen molar-refractivity contribution in [2.24, 2.45) is 10.7 Å². The maximum absolute atomic E-state index is 12.1. The number of ether oxygens (including phenoxy) is 1. The monoisotopic (exact) mass is 383 g/mol. The predicted molar refractivity (Wildman–Crippen MR) is 109 cm³/mol. The summed E-state index contributed by atoms with van der Waals surface area (Å²) in [5.41, 5.74) is 6.69. The molecule has 148 valence electrons. The van der Waals surface area contributed by atoms with E-state index in [1.54, 1.807) is 6.07 Å². The van der Waals surface area contributed by atoms with Crippen LogP contribution in [0.5, 0.6) is 11.7 Å². The van der Waals surface area contributed by atoms with Crippen LogP contribution in [0.2, 0.25) is 0 Å². The minimum absolute atomic E-state index is 0.0611. The zero-order valence-electron chi connectivity index (χ0n) is 16.3. The molecule has 8 nitrogen and oxygen atoms in total. The second kappa shape index (κ2) is 8.62. The number of hydrogen-bond donors (Lipinski definition) is 3. The number of benzene rings is 1. The number of aromatic nitrogens is 1. The van der Waals surface area contributed by atoms with Crippen LogP contribution in [0.15, 0.2) is 45.8 Å². The molecule has 4 N–H and O–H groups in total. The van der Waals surface area contributed by atoms with E-state index in [0.29, 0.717) is 17.4 Å². The zero-order valence-corrected chi connectivity index (χ0v) is 16.3. The first kappa shape index (κ1) is 19.5. The number of nitrogens with one attached hydrogen (secondary N) is 2. The fraction of sp³-hybridized carbons (Fsp3) is 0.300. The van der Waals surface area contributed by atoms with Crippen molar-refractivity contribution in [3.8, 4) is 11.7 Å². The van der Waals surface area contributed by atoms with Gasteiger partial charge in [0.25, 0.3) is 11.9 Å². The van der Waals surface area contributed by atoms with Crippen molar-refractivity contribution in [3.63, 3.8) is 0 Å². The van der Waals surface area contributed by atoms with E-state index in [2.05, 4.69) is 34.0 Å². The summed E-state index contributed by atoms with van der Waals surface area (Å²) < 4.78 is 11.6. The average molecular weight is 383 g/mol. The van der Waals surface area contributed by atoms with Crippen LogP contribution in [0.1, 0.15) is 30.1 Å². The van der Waals surface area contributed by atoms with Gasteiger partial charge in [0.05, 0.1) is 6.54 Å². The van der Waals surface area contributed by atoms with Crippen molar-refractivity contribution < 1.29 is 13.9 Å². The van der Waals surface area contributed by atoms with E-state index in [-0.39, 0.29) is 11.9 Å². The Balaban J connectivity index is 1.72. The molecule has 8 heteroatoms. The van der Waals surface area contributed by atoms with Gasteiger partial charge in [0, 0.05) is 30.1 Å². The summed E-state index contributed by atoms with van der Waals surface area (Å²) in [5, 5.41) is 3.38. The molecule has 0 aliphatic heterocycles. The number of carbonyl (C=O) groups is 1. The lowest BCUT2D eigenvalue weighted by molar-refractivity contribution is 0.0972. The van der Waals surface area contributed by atoms with E-state index in [9.17, 15) is 4.79 Å². The van der Waals surface area contributed by atoms with Crippen molar-refractivity contribution in [1.29, 1.82) is 0 Å². The molecule has 0 fully saturated rings. The van der Waals surface area contributed by atoms with Crippen molar-refractivity contribution in [2.75, 3.05) is 20.1 Å². The molecule has 1 amide bonds. The van der Waals surface area contributed by atoms with E-state index >= 15 is 0 Å². The fourth-order valence-corrected chi connectivity index (χ4v) is 2.81. The number of amides is 1. The Labute approximate surface area is 163 Å². The number of guanidine groups is 1. The first-order valence-corrected chi connectivity index (χ1v) is 9.17. The van der Waals surface area contributed by atoms with Gasteiger partial charge in [-0.05, 0) is 37.4 Å². The van der Waals surface area contributed by atoms with Gasteiger partial charge in [-0.15, -0.1) is 0 Å². The highest BCUT2D eigenvalue weighted by molar-refractivity contribution is 6.06. The molecule has 1 aromatic carbocycles. The SMILES string of the molecule is CCN(CC)Cc1ccc(Oc2ccc3cc(C(=O)NC(N)=NC)[nH]c3c2)o1. The first-order chi connectivity index (χ1) is 13.5. The summed E-state index contributed by atoms with van der Waals surface area (Å²) in [7, 11) is 1.51. The number of carbonyl (C=O) groups excluding carboxylic acids is 1. The summed E-state index contributed by atoms with van der Waals surface area (Å²) in [6.45, 7) is 6.90. The number of H-pyrrole nitrogens is 1. The molecular formula is C20H25N5O3. The Kier molecular flexibility index (Phi) is 6.00. The lowest BCUT2D eigenvalue weighted by atomic mass is 10.2. The summed E-state index contributed by atoms with van der Waals surface area (Å²) in [6, 6.07) is 11.0. The first-order valence-electron chi connectivity index (χ1n) is 9.17. The third kappa shape index (κ3) is 4.52. The molecule has 0 aliphatic rings. The maximum atomic E-state index is 12.1. The Morgan fingerprint density at radius 3 is 2.75 bits per heavy atom. The van der Waals surface area contributed by atoms with Crippen LogP contribution in [0, 0.1) is 0 Å². The van der Waals surface area contributed by atoms with E-state index in [0.717, 1.165) is 36.3 Å². The quantitative estimate of drug-likeness (QED) is 0.429. The van der Waals surface area contributed by atoms with E-state index < -0.39 is 0 Å². The van der Waals surface area contributed by atoms with Crippen LogP contribution in [0.3, 0.4) is 0 Å². The van der Waals surface area contributed by atoms with Gasteiger partial charge in [0.2, 0.25) is 0 Å². The summed E-state index contributed by atoms with van der Waals surface area (Å²) in [6.07, 6.45) is 0. The minimum Gasteiger partial charge on any atom is -0.429 e. The van der Waals surface area contributed by atoms with Crippen molar-refractivity contribution >= 4 is 22.8 Å². The summed E-state index contributed by atoms with van der Waals surface area (Å²) in [5.74, 6) is 1.60. The van der Waals surface area contributed by atoms with Crippen LogP contribution >= 0.6 is 0 Å². The molecule has 0 spiro atoms. The van der Waals surface area contributed by atoms with Gasteiger partial charge in [-0.1, -0.05) is 13.8 Å². The normalized spacial score (nSPS) is 11.9. The summed E-state index contributed by atoms with van der Waals surface area (Å²) in [4.78, 5) is 21.2. The number of fused-ring (bicyclic) bond motifs is 1. The van der Waals surface area contributed by atoms with Gasteiger partial charge < -0.3 is 19.9 Å². The fourth-order valence-electron chi connectivity index (χ4n) is 2.81. The molecule has 3 aromatic rings. The third-order valence-electron chi connectivity index (χ3n) is 4.45. The van der Waals surface area contributed by atoms with Gasteiger partial charge in [-0.25, -0.2) is 0 Å². The van der Waals surface area contributed by atoms with Crippen LogP contribution < -0.4 is 15.8 Å². The van der Waals surface area contributed by atoms with Gasteiger partial charge in [-0.2, -0.15) is 0 Å². The third-order valence-corrected chi connectivity index (χ3v) is 4.45. The molecule has 0 aliphatic carbocycles. The van der Waals surface area contributed by atoms with Gasteiger partial charge in [-0.3, -0.25) is 20.0 Å². The Morgan fingerprint density at radius 2 is 2.04 bits per heavy atom. The second-order valence-electron chi connectivity index (χ2n) is 6.28. The number of aromatic amines is 1. The average Bonchev–Trinajstić information content (AvgIpc) is 3.32. The van der Waals surface area contributed by atoms with Gasteiger partial charge in [0.15, 0.2) is 5.96 Å². The Bertz CT molecular complexity index is 985. The van der Waals surface area contributed by atoms with Crippen LogP contribution in [-0.4, -0.2) is 41.9 Å². The van der Waals surface area contributed by atoms with Crippen LogP contribution in [0.25, 0.3) is 10.9 Å². The lowest BCUT2D eigenvalue weighted by Crippen LogP contribution is -2.36. The lowest BCUT2D eigenvalue weighted by Gasteiger charge is -2.15. The van der Waals surface area contributed by atoms with Crippen molar-refractivity contribution in [2.45, 2.75) is 20.4 Å². The Hall–Kier alpha value is -3.26. The molecule has 0 atom stereocenters. The van der Waals surface area contributed by atoms with E-state index in [1.165, 1.54) is 7.05 Å². The van der Waals surface area contributed by atoms with Crippen molar-refractivity contribution in [3.05, 3.63) is 47.9 Å². The molecule has 0 saturated carbocycles. The molecule has 0 radical (unpaired) electrons. The smallest absolute Gasteiger partial charge is 0.290 e. The second-order valence-corrected chi connectivity index (χ2v) is 6.28. The predicted octanol–water partition coefficient (Wildman–Crippen LogP) is 3.07. The number of aliphatic imine (C=N–C) groups is 1. The standard InChI is InChI=1S/C20H25N5O3/c1-4-25(5-2)12-15-8-9-18(28-15)27-14-7-6-13-10-17(23-16(13)11-14)19(26)24-20(21)22-3/h6-11,23H,4-5,12H2,1-3H3,(H3,21,22,24,26). The molecule has 2 heterocycles. The van der Waals surface area contributed by atoms with E-state index in [1.807, 2.05) is 30.3 Å². The van der Waals surface area contributed by atoms with Gasteiger partial charge in [0.1, 0.15) is 17.2 Å². The Morgan fingerprint density at radius 1 is 1.25 bits per heavy atom. The minimum atomic E-state index is -0.353.